The summed E-state index contributed by atoms with van der Waals surface area (Å²) in [6.07, 6.45) is 0. The van der Waals surface area contributed by atoms with Gasteiger partial charge in [-0.25, -0.2) is 9.86 Å². The highest BCUT2D eigenvalue weighted by molar-refractivity contribution is 6.31. The van der Waals surface area contributed by atoms with Crippen molar-refractivity contribution in [3.8, 4) is 0 Å². The van der Waals surface area contributed by atoms with Crippen molar-refractivity contribution < 1.29 is 20.3 Å². The molecule has 0 bridgehead atoms. The van der Waals surface area contributed by atoms with Gasteiger partial charge in [0.1, 0.15) is 0 Å². The third kappa shape index (κ3) is 1.67. The van der Waals surface area contributed by atoms with Crippen LogP contribution in [-0.2, 0) is 4.79 Å². The molecular formula is C9H9ClN2O4. The Morgan fingerprint density at radius 1 is 1.38 bits per heavy atom. The lowest BCUT2D eigenvalue weighted by Crippen LogP contribution is -2.50. The van der Waals surface area contributed by atoms with E-state index in [0.717, 1.165) is 5.06 Å². The van der Waals surface area contributed by atoms with Crippen LogP contribution in [0.4, 0.5) is 11.4 Å². The Kier molecular flexibility index (Phi) is 2.63. The van der Waals surface area contributed by atoms with E-state index in [2.05, 4.69) is 0 Å². The first-order valence-electron chi connectivity index (χ1n) is 4.47. The van der Waals surface area contributed by atoms with Gasteiger partial charge < -0.3 is 5.11 Å². The Balaban J connectivity index is 2.46. The molecule has 1 atom stereocenters. The Morgan fingerprint density at radius 2 is 2.06 bits per heavy atom. The summed E-state index contributed by atoms with van der Waals surface area (Å²) in [5.41, 5.74) is 0.470. The molecule has 0 saturated heterocycles. The second-order valence-corrected chi connectivity index (χ2v) is 3.85. The fourth-order valence-electron chi connectivity index (χ4n) is 1.59. The summed E-state index contributed by atoms with van der Waals surface area (Å²) in [7, 11) is 0. The van der Waals surface area contributed by atoms with Gasteiger partial charge in [0.25, 0.3) is 0 Å². The monoisotopic (exact) mass is 244 g/mol. The van der Waals surface area contributed by atoms with Crippen LogP contribution in [0.15, 0.2) is 18.2 Å². The number of hydrogen-bond donors (Lipinski definition) is 3. The summed E-state index contributed by atoms with van der Waals surface area (Å²) in [5, 5.41) is 29.9. The van der Waals surface area contributed by atoms with Gasteiger partial charge in [-0.2, -0.15) is 0 Å². The lowest BCUT2D eigenvalue weighted by molar-refractivity contribution is -0.140. The number of fused-ring (bicyclic) bond motifs is 1. The van der Waals surface area contributed by atoms with E-state index in [1.165, 1.54) is 18.2 Å². The molecule has 1 unspecified atom stereocenters. The minimum atomic E-state index is -1.22. The second kappa shape index (κ2) is 3.82. The van der Waals surface area contributed by atoms with Gasteiger partial charge in [-0.15, -0.1) is 0 Å². The van der Waals surface area contributed by atoms with Gasteiger partial charge in [0, 0.05) is 5.02 Å². The summed E-state index contributed by atoms with van der Waals surface area (Å²) < 4.78 is 0. The van der Waals surface area contributed by atoms with Gasteiger partial charge in [-0.3, -0.25) is 15.5 Å². The van der Waals surface area contributed by atoms with Gasteiger partial charge in [-0.1, -0.05) is 11.6 Å². The van der Waals surface area contributed by atoms with Crippen molar-refractivity contribution in [2.75, 3.05) is 16.7 Å². The van der Waals surface area contributed by atoms with Crippen molar-refractivity contribution in [3.63, 3.8) is 0 Å². The molecule has 0 aliphatic carbocycles. The third-order valence-electron chi connectivity index (χ3n) is 2.39. The average Bonchev–Trinajstić information content (AvgIpc) is 2.22. The molecule has 2 rings (SSSR count). The number of benzene rings is 1. The van der Waals surface area contributed by atoms with E-state index in [1.54, 1.807) is 0 Å². The Hall–Kier alpha value is -1.50. The first-order valence-corrected chi connectivity index (χ1v) is 4.85. The summed E-state index contributed by atoms with van der Waals surface area (Å²) in [6, 6.07) is 3.18. The Bertz CT molecular complexity index is 440. The topological polar surface area (TPSA) is 84.2 Å². The number of rotatable bonds is 1. The molecule has 0 aromatic heterocycles. The molecule has 0 radical (unpaired) electrons. The van der Waals surface area contributed by atoms with E-state index in [4.69, 9.17) is 16.7 Å². The molecule has 0 spiro atoms. The number of hydroxylamine groups is 2. The first-order chi connectivity index (χ1) is 7.50. The molecule has 0 fully saturated rings. The highest BCUT2D eigenvalue weighted by atomic mass is 35.5. The van der Waals surface area contributed by atoms with Crippen molar-refractivity contribution in [1.82, 2.24) is 0 Å². The number of hydrogen-bond acceptors (Lipinski definition) is 5. The van der Waals surface area contributed by atoms with Crippen molar-refractivity contribution >= 4 is 28.9 Å². The number of carboxylic acids is 1. The van der Waals surface area contributed by atoms with Gasteiger partial charge in [0.05, 0.1) is 17.9 Å². The van der Waals surface area contributed by atoms with Crippen LogP contribution in [0.1, 0.15) is 0 Å². The van der Waals surface area contributed by atoms with Crippen LogP contribution in [0, 0.1) is 0 Å². The van der Waals surface area contributed by atoms with Crippen LogP contribution in [-0.4, -0.2) is 34.1 Å². The van der Waals surface area contributed by atoms with Crippen molar-refractivity contribution in [1.29, 1.82) is 0 Å². The molecule has 6 nitrogen and oxygen atoms in total. The lowest BCUT2D eigenvalue weighted by Gasteiger charge is -2.35. The number of anilines is 2. The summed E-state index contributed by atoms with van der Waals surface area (Å²) in [6.45, 7) is -0.237. The summed E-state index contributed by atoms with van der Waals surface area (Å²) >= 11 is 5.73. The maximum absolute atomic E-state index is 10.8. The predicted molar refractivity (Wildman–Crippen MR) is 56.3 cm³/mol. The number of aliphatic carboxylic acids is 1. The van der Waals surface area contributed by atoms with Gasteiger partial charge in [-0.05, 0) is 18.2 Å². The SMILES string of the molecule is O=C(O)C1CN(O)c2cc(Cl)ccc2N1O. The van der Waals surface area contributed by atoms with Crippen LogP contribution in [0.25, 0.3) is 0 Å². The van der Waals surface area contributed by atoms with Gasteiger partial charge in [0.2, 0.25) is 0 Å². The summed E-state index contributed by atoms with van der Waals surface area (Å²) in [5.74, 6) is -1.22. The number of carbonyl (C=O) groups is 1. The van der Waals surface area contributed by atoms with E-state index in [0.29, 0.717) is 10.1 Å². The minimum Gasteiger partial charge on any atom is -0.480 e. The molecule has 16 heavy (non-hydrogen) atoms. The molecule has 1 aromatic carbocycles. The zero-order valence-electron chi connectivity index (χ0n) is 8.04. The molecule has 0 amide bonds. The van der Waals surface area contributed by atoms with Gasteiger partial charge >= 0.3 is 5.97 Å². The number of nitrogens with zero attached hydrogens (tertiary/aromatic N) is 2. The fraction of sp³-hybridized carbons (Fsp3) is 0.222. The fourth-order valence-corrected chi connectivity index (χ4v) is 1.75. The zero-order valence-corrected chi connectivity index (χ0v) is 8.79. The van der Waals surface area contributed by atoms with Crippen LogP contribution in [0.5, 0.6) is 0 Å². The second-order valence-electron chi connectivity index (χ2n) is 3.41. The molecule has 0 saturated carbocycles. The normalized spacial score (nSPS) is 19.6. The first kappa shape index (κ1) is 11.0. The molecular weight excluding hydrogens is 236 g/mol. The Labute approximate surface area is 95.8 Å². The molecule has 7 heteroatoms. The standard InChI is InChI=1S/C9H9ClN2O4/c10-5-1-2-6-7(3-5)11(15)4-8(9(13)14)12(6)16/h1-3,8,15-16H,4H2,(H,13,14). The highest BCUT2D eigenvalue weighted by Crippen LogP contribution is 2.35. The van der Waals surface area contributed by atoms with Crippen LogP contribution < -0.4 is 10.1 Å². The lowest BCUT2D eigenvalue weighted by atomic mass is 10.1. The quantitative estimate of drug-likeness (QED) is 0.688. The number of carboxylic acid groups (broad SMARTS) is 1. The van der Waals surface area contributed by atoms with Crippen LogP contribution >= 0.6 is 11.6 Å². The zero-order chi connectivity index (χ0) is 11.9. The van der Waals surface area contributed by atoms with Crippen LogP contribution in [0.3, 0.4) is 0 Å². The molecule has 1 aromatic rings. The maximum Gasteiger partial charge on any atom is 0.330 e. The van der Waals surface area contributed by atoms with E-state index >= 15 is 0 Å². The van der Waals surface area contributed by atoms with Crippen molar-refractivity contribution in [2.45, 2.75) is 6.04 Å². The molecule has 3 N–H and O–H groups in total. The largest absolute Gasteiger partial charge is 0.480 e. The maximum atomic E-state index is 10.8. The Morgan fingerprint density at radius 3 is 2.69 bits per heavy atom. The average molecular weight is 245 g/mol. The van der Waals surface area contributed by atoms with Gasteiger partial charge in [0.15, 0.2) is 6.04 Å². The molecule has 1 aliphatic heterocycles. The predicted octanol–water partition coefficient (Wildman–Crippen LogP) is 1.20. The summed E-state index contributed by atoms with van der Waals surface area (Å²) in [4.78, 5) is 10.8. The van der Waals surface area contributed by atoms with E-state index in [-0.39, 0.29) is 17.9 Å². The van der Waals surface area contributed by atoms with Crippen molar-refractivity contribution in [3.05, 3.63) is 23.2 Å². The van der Waals surface area contributed by atoms with E-state index < -0.39 is 12.0 Å². The molecule has 1 aliphatic rings. The number of halogens is 1. The minimum absolute atomic E-state index is 0.200. The van der Waals surface area contributed by atoms with E-state index in [9.17, 15) is 15.2 Å². The molecule has 1 heterocycles. The third-order valence-corrected chi connectivity index (χ3v) is 2.62. The van der Waals surface area contributed by atoms with E-state index in [1.807, 2.05) is 0 Å². The molecule has 86 valence electrons. The highest BCUT2D eigenvalue weighted by Gasteiger charge is 2.34. The van der Waals surface area contributed by atoms with Crippen molar-refractivity contribution in [2.24, 2.45) is 0 Å². The van der Waals surface area contributed by atoms with Crippen LogP contribution in [0.2, 0.25) is 5.02 Å². The smallest absolute Gasteiger partial charge is 0.330 e.